The first-order chi connectivity index (χ1) is 9.31. The van der Waals surface area contributed by atoms with Crippen molar-refractivity contribution in [3.05, 3.63) is 23.7 Å². The van der Waals surface area contributed by atoms with Crippen molar-refractivity contribution in [2.45, 2.75) is 52.6 Å². The number of hydrogen-bond donors (Lipinski definition) is 1. The van der Waals surface area contributed by atoms with Gasteiger partial charge in [0.05, 0.1) is 13.1 Å². The zero-order chi connectivity index (χ0) is 13.5. The molecule has 0 saturated carbocycles. The molecule has 1 atom stereocenters. The molecule has 19 heavy (non-hydrogen) atoms. The minimum absolute atomic E-state index is 0.853. The first-order valence-electron chi connectivity index (χ1n) is 7.82. The van der Waals surface area contributed by atoms with Crippen LogP contribution in [0.1, 0.15) is 51.1 Å². The lowest BCUT2D eigenvalue weighted by Gasteiger charge is -2.14. The van der Waals surface area contributed by atoms with E-state index in [0.29, 0.717) is 0 Å². The van der Waals surface area contributed by atoms with E-state index in [2.05, 4.69) is 36.2 Å². The molecule has 1 aliphatic heterocycles. The molecule has 0 aliphatic carbocycles. The smallest absolute Gasteiger partial charge is 0.118 e. The van der Waals surface area contributed by atoms with Gasteiger partial charge in [-0.2, -0.15) is 0 Å². The first kappa shape index (κ1) is 14.6. The molecule has 1 unspecified atom stereocenters. The summed E-state index contributed by atoms with van der Waals surface area (Å²) in [7, 11) is 0. The maximum Gasteiger partial charge on any atom is 0.118 e. The Morgan fingerprint density at radius 1 is 1.26 bits per heavy atom. The molecular weight excluding hydrogens is 236 g/mol. The molecule has 3 nitrogen and oxygen atoms in total. The number of hydrogen-bond acceptors (Lipinski definition) is 3. The van der Waals surface area contributed by atoms with E-state index in [1.54, 1.807) is 0 Å². The van der Waals surface area contributed by atoms with Gasteiger partial charge in [-0.05, 0) is 50.4 Å². The molecule has 3 heteroatoms. The largest absolute Gasteiger partial charge is 0.463 e. The molecule has 2 heterocycles. The van der Waals surface area contributed by atoms with E-state index in [1.807, 2.05) is 0 Å². The molecular formula is C16H28N2O. The van der Waals surface area contributed by atoms with E-state index in [9.17, 15) is 0 Å². The van der Waals surface area contributed by atoms with Crippen LogP contribution in [0.2, 0.25) is 0 Å². The highest BCUT2D eigenvalue weighted by atomic mass is 16.3. The highest BCUT2D eigenvalue weighted by Crippen LogP contribution is 2.23. The summed E-state index contributed by atoms with van der Waals surface area (Å²) in [5, 5.41) is 3.37. The standard InChI is InChI=1S/C16H28N2O/c1-3-5-14-8-10-18(12-14)13-16-7-6-15(19-16)11-17-9-4-2/h6-7,14,17H,3-5,8-13H2,1-2H3. The van der Waals surface area contributed by atoms with Gasteiger partial charge in [-0.15, -0.1) is 0 Å². The molecule has 1 aromatic heterocycles. The quantitative estimate of drug-likeness (QED) is 0.729. The SMILES string of the molecule is CCCNCc1ccc(CN2CCC(CCC)C2)o1. The molecule has 108 valence electrons. The number of nitrogens with one attached hydrogen (secondary N) is 1. The summed E-state index contributed by atoms with van der Waals surface area (Å²) in [4.78, 5) is 2.53. The average molecular weight is 264 g/mol. The van der Waals surface area contributed by atoms with E-state index >= 15 is 0 Å². The average Bonchev–Trinajstić information content (AvgIpc) is 3.01. The Bertz CT molecular complexity index is 361. The van der Waals surface area contributed by atoms with E-state index < -0.39 is 0 Å². The van der Waals surface area contributed by atoms with Crippen LogP contribution in [0.15, 0.2) is 16.5 Å². The second kappa shape index (κ2) is 7.71. The Balaban J connectivity index is 1.74. The van der Waals surface area contributed by atoms with Gasteiger partial charge in [0.2, 0.25) is 0 Å². The Labute approximate surface area is 117 Å². The van der Waals surface area contributed by atoms with Crippen LogP contribution in [-0.2, 0) is 13.1 Å². The highest BCUT2D eigenvalue weighted by molar-refractivity contribution is 5.07. The molecule has 1 aliphatic rings. The van der Waals surface area contributed by atoms with E-state index in [0.717, 1.165) is 37.1 Å². The van der Waals surface area contributed by atoms with E-state index in [1.165, 1.54) is 38.8 Å². The second-order valence-corrected chi connectivity index (χ2v) is 5.72. The lowest BCUT2D eigenvalue weighted by Crippen LogP contribution is -2.19. The third-order valence-electron chi connectivity index (χ3n) is 3.89. The van der Waals surface area contributed by atoms with Crippen molar-refractivity contribution >= 4 is 0 Å². The van der Waals surface area contributed by atoms with Gasteiger partial charge in [0.25, 0.3) is 0 Å². The summed E-state index contributed by atoms with van der Waals surface area (Å²) >= 11 is 0. The molecule has 2 rings (SSSR count). The van der Waals surface area contributed by atoms with E-state index in [4.69, 9.17) is 4.42 Å². The fourth-order valence-corrected chi connectivity index (χ4v) is 2.91. The summed E-state index contributed by atoms with van der Waals surface area (Å²) in [6, 6.07) is 4.24. The molecule has 1 saturated heterocycles. The van der Waals surface area contributed by atoms with Crippen LogP contribution < -0.4 is 5.32 Å². The number of likely N-dealkylation sites (tertiary alicyclic amines) is 1. The third-order valence-corrected chi connectivity index (χ3v) is 3.89. The first-order valence-corrected chi connectivity index (χ1v) is 7.82. The van der Waals surface area contributed by atoms with Gasteiger partial charge in [0, 0.05) is 6.54 Å². The van der Waals surface area contributed by atoms with Crippen molar-refractivity contribution in [1.29, 1.82) is 0 Å². The van der Waals surface area contributed by atoms with Crippen molar-refractivity contribution in [3.8, 4) is 0 Å². The molecule has 0 spiro atoms. The number of rotatable bonds is 8. The number of furan rings is 1. The van der Waals surface area contributed by atoms with Crippen LogP contribution in [0, 0.1) is 5.92 Å². The van der Waals surface area contributed by atoms with Crippen molar-refractivity contribution in [3.63, 3.8) is 0 Å². The summed E-state index contributed by atoms with van der Waals surface area (Å²) in [6.45, 7) is 9.83. The molecule has 1 N–H and O–H groups in total. The predicted molar refractivity (Wildman–Crippen MR) is 79.0 cm³/mol. The minimum atomic E-state index is 0.853. The van der Waals surface area contributed by atoms with Crippen molar-refractivity contribution in [1.82, 2.24) is 10.2 Å². The van der Waals surface area contributed by atoms with Crippen LogP contribution in [0.5, 0.6) is 0 Å². The Kier molecular flexibility index (Phi) is 5.93. The zero-order valence-corrected chi connectivity index (χ0v) is 12.5. The molecule has 1 fully saturated rings. The Morgan fingerprint density at radius 2 is 2.11 bits per heavy atom. The van der Waals surface area contributed by atoms with Gasteiger partial charge in [-0.1, -0.05) is 20.3 Å². The van der Waals surface area contributed by atoms with Crippen LogP contribution >= 0.6 is 0 Å². The van der Waals surface area contributed by atoms with Gasteiger partial charge in [0.15, 0.2) is 0 Å². The fraction of sp³-hybridized carbons (Fsp3) is 0.750. The lowest BCUT2D eigenvalue weighted by atomic mass is 10.0. The predicted octanol–water partition coefficient (Wildman–Crippen LogP) is 3.40. The van der Waals surface area contributed by atoms with Gasteiger partial charge in [0.1, 0.15) is 11.5 Å². The monoisotopic (exact) mass is 264 g/mol. The van der Waals surface area contributed by atoms with Gasteiger partial charge in [-0.3, -0.25) is 4.90 Å². The maximum absolute atomic E-state index is 5.88. The van der Waals surface area contributed by atoms with Crippen molar-refractivity contribution < 1.29 is 4.42 Å². The number of nitrogens with zero attached hydrogens (tertiary/aromatic N) is 1. The fourth-order valence-electron chi connectivity index (χ4n) is 2.91. The molecule has 0 radical (unpaired) electrons. The van der Waals surface area contributed by atoms with Crippen molar-refractivity contribution in [2.24, 2.45) is 5.92 Å². The lowest BCUT2D eigenvalue weighted by molar-refractivity contribution is 0.279. The summed E-state index contributed by atoms with van der Waals surface area (Å²) in [5.74, 6) is 3.09. The summed E-state index contributed by atoms with van der Waals surface area (Å²) in [6.07, 6.45) is 5.22. The summed E-state index contributed by atoms with van der Waals surface area (Å²) < 4.78 is 5.88. The highest BCUT2D eigenvalue weighted by Gasteiger charge is 2.22. The van der Waals surface area contributed by atoms with E-state index in [-0.39, 0.29) is 0 Å². The van der Waals surface area contributed by atoms with Gasteiger partial charge in [-0.25, -0.2) is 0 Å². The van der Waals surface area contributed by atoms with Gasteiger partial charge < -0.3 is 9.73 Å². The topological polar surface area (TPSA) is 28.4 Å². The molecule has 0 amide bonds. The minimum Gasteiger partial charge on any atom is -0.463 e. The second-order valence-electron chi connectivity index (χ2n) is 5.72. The molecule has 0 aromatic carbocycles. The molecule has 0 bridgehead atoms. The van der Waals surface area contributed by atoms with Crippen LogP contribution in [0.4, 0.5) is 0 Å². The maximum atomic E-state index is 5.88. The third kappa shape index (κ3) is 4.66. The van der Waals surface area contributed by atoms with Crippen molar-refractivity contribution in [2.75, 3.05) is 19.6 Å². The van der Waals surface area contributed by atoms with Crippen LogP contribution in [0.25, 0.3) is 0 Å². The zero-order valence-electron chi connectivity index (χ0n) is 12.5. The van der Waals surface area contributed by atoms with Crippen LogP contribution in [-0.4, -0.2) is 24.5 Å². The Hall–Kier alpha value is -0.800. The summed E-state index contributed by atoms with van der Waals surface area (Å²) in [5.41, 5.74) is 0. The van der Waals surface area contributed by atoms with Crippen LogP contribution in [0.3, 0.4) is 0 Å². The normalized spacial score (nSPS) is 20.2. The molecule has 1 aromatic rings. The van der Waals surface area contributed by atoms with Gasteiger partial charge >= 0.3 is 0 Å². The Morgan fingerprint density at radius 3 is 2.89 bits per heavy atom.